The third kappa shape index (κ3) is 5.45. The van der Waals surface area contributed by atoms with Crippen molar-refractivity contribution in [3.05, 3.63) is 35.4 Å². The highest BCUT2D eigenvalue weighted by atomic mass is 19.4. The molecule has 1 aliphatic rings. The number of carbonyl (C=O) groups is 2. The number of alkyl halides is 3. The van der Waals surface area contributed by atoms with Crippen molar-refractivity contribution in [3.8, 4) is 0 Å². The lowest BCUT2D eigenvalue weighted by Crippen LogP contribution is -2.48. The summed E-state index contributed by atoms with van der Waals surface area (Å²) in [4.78, 5) is 26.9. The lowest BCUT2D eigenvalue weighted by molar-refractivity contribution is -0.140. The number of halogens is 3. The topological polar surface area (TPSA) is 60.9 Å². The molecular weight excluding hydrogens is 349 g/mol. The molecule has 0 radical (unpaired) electrons. The van der Waals surface area contributed by atoms with Gasteiger partial charge in [0, 0.05) is 19.1 Å². The van der Waals surface area contributed by atoms with Gasteiger partial charge in [-0.3, -0.25) is 14.5 Å². The number of carbonyl (C=O) groups excluding carboxylic acids is 1. The van der Waals surface area contributed by atoms with Crippen molar-refractivity contribution in [2.75, 3.05) is 26.2 Å². The molecule has 0 unspecified atom stereocenters. The smallest absolute Gasteiger partial charge is 0.416 e. The maximum atomic E-state index is 12.6. The molecule has 1 saturated heterocycles. The van der Waals surface area contributed by atoms with E-state index in [1.807, 2.05) is 11.8 Å². The number of carboxylic acid groups (broad SMARTS) is 1. The molecule has 1 aliphatic heterocycles. The van der Waals surface area contributed by atoms with Crippen molar-refractivity contribution in [1.29, 1.82) is 0 Å². The second-order valence-corrected chi connectivity index (χ2v) is 6.44. The third-order valence-corrected chi connectivity index (χ3v) is 4.71. The van der Waals surface area contributed by atoms with E-state index in [4.69, 9.17) is 5.11 Å². The number of hydrogen-bond donors (Lipinski definition) is 1. The van der Waals surface area contributed by atoms with Crippen LogP contribution in [0.4, 0.5) is 13.2 Å². The largest absolute Gasteiger partial charge is 0.480 e. The zero-order valence-corrected chi connectivity index (χ0v) is 14.6. The minimum absolute atomic E-state index is 0.0132. The SMILES string of the molecule is CCN(CC(=O)O)C1CCN(C(=O)Cc2ccc(C(F)(F)F)cc2)CC1. The fourth-order valence-corrected chi connectivity index (χ4v) is 3.25. The standard InChI is InChI=1S/C18H23F3N2O3/c1-2-22(12-17(25)26)15-7-9-23(10-8-15)16(24)11-13-3-5-14(6-4-13)18(19,20)21/h3-6,15H,2,7-12H2,1H3,(H,25,26). The summed E-state index contributed by atoms with van der Waals surface area (Å²) in [6.45, 7) is 3.59. The lowest BCUT2D eigenvalue weighted by Gasteiger charge is -2.37. The van der Waals surface area contributed by atoms with Gasteiger partial charge in [-0.05, 0) is 37.1 Å². The van der Waals surface area contributed by atoms with Crippen molar-refractivity contribution in [3.63, 3.8) is 0 Å². The summed E-state index contributed by atoms with van der Waals surface area (Å²) in [5.74, 6) is -0.989. The van der Waals surface area contributed by atoms with Crippen LogP contribution in [0.25, 0.3) is 0 Å². The van der Waals surface area contributed by atoms with Gasteiger partial charge in [0.15, 0.2) is 0 Å². The van der Waals surface area contributed by atoms with E-state index in [0.29, 0.717) is 38.0 Å². The number of piperidine rings is 1. The first kappa shape index (κ1) is 20.2. The molecule has 0 aliphatic carbocycles. The van der Waals surface area contributed by atoms with E-state index in [1.54, 1.807) is 4.90 Å². The van der Waals surface area contributed by atoms with Crippen molar-refractivity contribution in [1.82, 2.24) is 9.80 Å². The molecule has 8 heteroatoms. The number of rotatable bonds is 6. The van der Waals surface area contributed by atoms with Crippen LogP contribution in [0.2, 0.25) is 0 Å². The summed E-state index contributed by atoms with van der Waals surface area (Å²) in [6, 6.07) is 4.77. The highest BCUT2D eigenvalue weighted by molar-refractivity contribution is 5.78. The molecule has 0 atom stereocenters. The van der Waals surface area contributed by atoms with Crippen molar-refractivity contribution < 1.29 is 27.9 Å². The molecular formula is C18H23F3N2O3. The molecule has 0 saturated carbocycles. The average molecular weight is 372 g/mol. The van der Waals surface area contributed by atoms with Gasteiger partial charge >= 0.3 is 12.1 Å². The molecule has 1 aromatic rings. The molecule has 1 amide bonds. The average Bonchev–Trinajstić information content (AvgIpc) is 2.59. The van der Waals surface area contributed by atoms with Crippen LogP contribution in [0.3, 0.4) is 0 Å². The van der Waals surface area contributed by atoms with Crippen LogP contribution in [0.15, 0.2) is 24.3 Å². The number of nitrogens with zero attached hydrogens (tertiary/aromatic N) is 2. The zero-order valence-electron chi connectivity index (χ0n) is 14.6. The van der Waals surface area contributed by atoms with Crippen LogP contribution in [0.1, 0.15) is 30.9 Å². The van der Waals surface area contributed by atoms with E-state index in [0.717, 1.165) is 12.1 Å². The number of aliphatic carboxylic acids is 1. The normalized spacial score (nSPS) is 16.1. The van der Waals surface area contributed by atoms with E-state index >= 15 is 0 Å². The van der Waals surface area contributed by atoms with Crippen molar-refractivity contribution >= 4 is 11.9 Å². The van der Waals surface area contributed by atoms with Gasteiger partial charge < -0.3 is 10.0 Å². The summed E-state index contributed by atoms with van der Waals surface area (Å²) < 4.78 is 37.7. The minimum Gasteiger partial charge on any atom is -0.480 e. The number of amides is 1. The second-order valence-electron chi connectivity index (χ2n) is 6.44. The number of benzene rings is 1. The first-order valence-electron chi connectivity index (χ1n) is 8.60. The Kier molecular flexibility index (Phi) is 6.63. The maximum Gasteiger partial charge on any atom is 0.416 e. The summed E-state index contributed by atoms with van der Waals surface area (Å²) >= 11 is 0. The Morgan fingerprint density at radius 1 is 1.19 bits per heavy atom. The Morgan fingerprint density at radius 3 is 2.23 bits per heavy atom. The summed E-state index contributed by atoms with van der Waals surface area (Å²) in [5, 5.41) is 8.94. The first-order chi connectivity index (χ1) is 12.2. The van der Waals surface area contributed by atoms with E-state index in [-0.39, 0.29) is 24.9 Å². The third-order valence-electron chi connectivity index (χ3n) is 4.71. The van der Waals surface area contributed by atoms with Crippen LogP contribution in [-0.2, 0) is 22.2 Å². The quantitative estimate of drug-likeness (QED) is 0.834. The van der Waals surface area contributed by atoms with Gasteiger partial charge in [0.2, 0.25) is 5.91 Å². The van der Waals surface area contributed by atoms with Crippen molar-refractivity contribution in [2.24, 2.45) is 0 Å². The summed E-state index contributed by atoms with van der Waals surface area (Å²) in [7, 11) is 0. The van der Waals surface area contributed by atoms with Gasteiger partial charge in [-0.25, -0.2) is 0 Å². The van der Waals surface area contributed by atoms with Crippen LogP contribution in [0.5, 0.6) is 0 Å². The number of carboxylic acids is 1. The van der Waals surface area contributed by atoms with Crippen molar-refractivity contribution in [2.45, 2.75) is 38.4 Å². The molecule has 1 heterocycles. The highest BCUT2D eigenvalue weighted by Gasteiger charge is 2.30. The Balaban J connectivity index is 1.87. The molecule has 0 bridgehead atoms. The predicted octanol–water partition coefficient (Wildman–Crippen LogP) is 2.65. The molecule has 1 N–H and O–H groups in total. The van der Waals surface area contributed by atoms with Gasteiger partial charge in [-0.1, -0.05) is 19.1 Å². The van der Waals surface area contributed by atoms with E-state index in [1.165, 1.54) is 12.1 Å². The molecule has 2 rings (SSSR count). The molecule has 0 spiro atoms. The minimum atomic E-state index is -4.38. The van der Waals surface area contributed by atoms with Crippen LogP contribution >= 0.6 is 0 Å². The predicted molar refractivity (Wildman–Crippen MR) is 89.6 cm³/mol. The van der Waals surface area contributed by atoms with Gasteiger partial charge in [-0.15, -0.1) is 0 Å². The van der Waals surface area contributed by atoms with E-state index in [9.17, 15) is 22.8 Å². The van der Waals surface area contributed by atoms with E-state index in [2.05, 4.69) is 0 Å². The first-order valence-corrected chi connectivity index (χ1v) is 8.60. The van der Waals surface area contributed by atoms with Gasteiger partial charge in [0.25, 0.3) is 0 Å². The van der Waals surface area contributed by atoms with Crippen LogP contribution in [-0.4, -0.2) is 59.0 Å². The fourth-order valence-electron chi connectivity index (χ4n) is 3.25. The van der Waals surface area contributed by atoms with Gasteiger partial charge in [0.05, 0.1) is 18.5 Å². The van der Waals surface area contributed by atoms with Gasteiger partial charge in [-0.2, -0.15) is 13.2 Å². The zero-order chi connectivity index (χ0) is 19.3. The van der Waals surface area contributed by atoms with Gasteiger partial charge in [0.1, 0.15) is 0 Å². The molecule has 5 nitrogen and oxygen atoms in total. The van der Waals surface area contributed by atoms with Crippen LogP contribution < -0.4 is 0 Å². The molecule has 0 aromatic heterocycles. The Morgan fingerprint density at radius 2 is 1.77 bits per heavy atom. The number of likely N-dealkylation sites (tertiary alicyclic amines) is 1. The summed E-state index contributed by atoms with van der Waals surface area (Å²) in [5.41, 5.74) is -0.182. The monoisotopic (exact) mass is 372 g/mol. The second kappa shape index (κ2) is 8.53. The Hall–Kier alpha value is -2.09. The maximum absolute atomic E-state index is 12.6. The summed E-state index contributed by atoms with van der Waals surface area (Å²) in [6.07, 6.45) is -2.93. The Labute approximate surface area is 150 Å². The fraction of sp³-hybridized carbons (Fsp3) is 0.556. The molecule has 26 heavy (non-hydrogen) atoms. The molecule has 1 fully saturated rings. The van der Waals surface area contributed by atoms with E-state index < -0.39 is 17.7 Å². The molecule has 1 aromatic carbocycles. The molecule has 144 valence electrons. The number of hydrogen-bond acceptors (Lipinski definition) is 3. The van der Waals surface area contributed by atoms with Crippen LogP contribution in [0, 0.1) is 0 Å². The number of likely N-dealkylation sites (N-methyl/N-ethyl adjacent to an activating group) is 1. The highest BCUT2D eigenvalue weighted by Crippen LogP contribution is 2.29. The Bertz CT molecular complexity index is 624. The lowest BCUT2D eigenvalue weighted by atomic mass is 10.0.